The molecule has 0 N–H and O–H groups in total. The number of anilines is 1. The van der Waals surface area contributed by atoms with Gasteiger partial charge < -0.3 is 4.90 Å². The average molecular weight is 244 g/mol. The fourth-order valence-corrected chi connectivity index (χ4v) is 3.23. The van der Waals surface area contributed by atoms with Crippen molar-refractivity contribution in [3.05, 3.63) is 10.5 Å². The van der Waals surface area contributed by atoms with Gasteiger partial charge in [-0.25, -0.2) is 4.98 Å². The number of hydrogen-bond acceptors (Lipinski definition) is 4. The standard InChI is InChI=1S/C10H14ClN3S/c1-13-4-5-14(7-10(13)2-3-10)9-12-6-8(11)15-9/h6H,2-5,7H2,1H3. The van der Waals surface area contributed by atoms with Crippen molar-refractivity contribution in [2.75, 3.05) is 31.6 Å². The van der Waals surface area contributed by atoms with Gasteiger partial charge in [-0.15, -0.1) is 0 Å². The minimum atomic E-state index is 0.455. The molecule has 2 fully saturated rings. The molecular formula is C10H14ClN3S. The highest BCUT2D eigenvalue weighted by molar-refractivity contribution is 7.19. The van der Waals surface area contributed by atoms with E-state index in [2.05, 4.69) is 21.8 Å². The Kier molecular flexibility index (Phi) is 2.20. The van der Waals surface area contributed by atoms with Gasteiger partial charge in [-0.3, -0.25) is 4.90 Å². The van der Waals surface area contributed by atoms with Crippen LogP contribution < -0.4 is 4.90 Å². The zero-order valence-corrected chi connectivity index (χ0v) is 10.3. The van der Waals surface area contributed by atoms with Crippen molar-refractivity contribution in [2.45, 2.75) is 18.4 Å². The van der Waals surface area contributed by atoms with Crippen LogP contribution in [0.15, 0.2) is 6.20 Å². The summed E-state index contributed by atoms with van der Waals surface area (Å²) in [4.78, 5) is 9.23. The van der Waals surface area contributed by atoms with Crippen LogP contribution in [0.25, 0.3) is 0 Å². The lowest BCUT2D eigenvalue weighted by Gasteiger charge is -2.39. The SMILES string of the molecule is CN1CCN(c2ncc(Cl)s2)CC12CC2. The molecule has 1 saturated heterocycles. The number of halogens is 1. The van der Waals surface area contributed by atoms with Gasteiger partial charge in [-0.05, 0) is 19.9 Å². The van der Waals surface area contributed by atoms with E-state index >= 15 is 0 Å². The Morgan fingerprint density at radius 1 is 1.47 bits per heavy atom. The van der Waals surface area contributed by atoms with E-state index in [1.807, 2.05) is 0 Å². The molecule has 3 rings (SSSR count). The zero-order chi connectivity index (χ0) is 10.5. The largest absolute Gasteiger partial charge is 0.345 e. The molecule has 82 valence electrons. The normalized spacial score (nSPS) is 24.8. The molecule has 3 nitrogen and oxygen atoms in total. The summed E-state index contributed by atoms with van der Waals surface area (Å²) in [5.41, 5.74) is 0.455. The molecule has 0 atom stereocenters. The second-order valence-electron chi connectivity index (χ2n) is 4.51. The van der Waals surface area contributed by atoms with Crippen LogP contribution in [0.4, 0.5) is 5.13 Å². The molecule has 1 spiro atoms. The van der Waals surface area contributed by atoms with Crippen LogP contribution in [-0.4, -0.2) is 42.1 Å². The lowest BCUT2D eigenvalue weighted by atomic mass is 10.1. The number of likely N-dealkylation sites (N-methyl/N-ethyl adjacent to an activating group) is 1. The second kappa shape index (κ2) is 3.34. The van der Waals surface area contributed by atoms with E-state index in [9.17, 15) is 0 Å². The molecule has 0 radical (unpaired) electrons. The molecular weight excluding hydrogens is 230 g/mol. The van der Waals surface area contributed by atoms with Crippen molar-refractivity contribution in [1.29, 1.82) is 0 Å². The highest BCUT2D eigenvalue weighted by Gasteiger charge is 2.49. The van der Waals surface area contributed by atoms with Gasteiger partial charge >= 0.3 is 0 Å². The maximum absolute atomic E-state index is 5.91. The van der Waals surface area contributed by atoms with Crippen LogP contribution in [0, 0.1) is 0 Å². The monoisotopic (exact) mass is 243 g/mol. The highest BCUT2D eigenvalue weighted by atomic mass is 35.5. The van der Waals surface area contributed by atoms with Crippen LogP contribution in [0.2, 0.25) is 4.34 Å². The summed E-state index contributed by atoms with van der Waals surface area (Å²) in [7, 11) is 2.24. The lowest BCUT2D eigenvalue weighted by Crippen LogP contribution is -2.53. The third-order valence-corrected chi connectivity index (χ3v) is 4.74. The zero-order valence-electron chi connectivity index (χ0n) is 8.74. The summed E-state index contributed by atoms with van der Waals surface area (Å²) < 4.78 is 0.786. The van der Waals surface area contributed by atoms with E-state index in [0.29, 0.717) is 5.54 Å². The highest BCUT2D eigenvalue weighted by Crippen LogP contribution is 2.44. The van der Waals surface area contributed by atoms with Crippen molar-refractivity contribution in [3.63, 3.8) is 0 Å². The van der Waals surface area contributed by atoms with E-state index in [1.165, 1.54) is 12.8 Å². The van der Waals surface area contributed by atoms with E-state index in [1.54, 1.807) is 17.5 Å². The van der Waals surface area contributed by atoms with Crippen LogP contribution in [0.1, 0.15) is 12.8 Å². The lowest BCUT2D eigenvalue weighted by molar-refractivity contribution is 0.199. The Bertz CT molecular complexity index is 374. The Hall–Kier alpha value is -0.320. The minimum absolute atomic E-state index is 0.455. The van der Waals surface area contributed by atoms with Gasteiger partial charge in [0.2, 0.25) is 0 Å². The molecule has 2 aliphatic rings. The Morgan fingerprint density at radius 2 is 2.27 bits per heavy atom. The third-order valence-electron chi connectivity index (χ3n) is 3.56. The molecule has 0 unspecified atom stereocenters. The summed E-state index contributed by atoms with van der Waals surface area (Å²) in [6.07, 6.45) is 4.41. The van der Waals surface area contributed by atoms with Crippen molar-refractivity contribution in [2.24, 2.45) is 0 Å². The first-order valence-corrected chi connectivity index (χ1v) is 6.47. The quantitative estimate of drug-likeness (QED) is 0.753. The maximum atomic E-state index is 5.91. The van der Waals surface area contributed by atoms with Gasteiger partial charge in [0.1, 0.15) is 4.34 Å². The van der Waals surface area contributed by atoms with Crippen molar-refractivity contribution in [1.82, 2.24) is 9.88 Å². The average Bonchev–Trinajstić information content (AvgIpc) is 2.86. The maximum Gasteiger partial charge on any atom is 0.186 e. The van der Waals surface area contributed by atoms with Crippen molar-refractivity contribution >= 4 is 28.1 Å². The van der Waals surface area contributed by atoms with Crippen LogP contribution in [-0.2, 0) is 0 Å². The van der Waals surface area contributed by atoms with Gasteiger partial charge in [-0.1, -0.05) is 22.9 Å². The van der Waals surface area contributed by atoms with Crippen molar-refractivity contribution in [3.8, 4) is 0 Å². The predicted octanol–water partition coefficient (Wildman–Crippen LogP) is 2.08. The molecule has 5 heteroatoms. The molecule has 0 amide bonds. The van der Waals surface area contributed by atoms with E-state index in [0.717, 1.165) is 29.1 Å². The summed E-state index contributed by atoms with van der Waals surface area (Å²) in [5.74, 6) is 0. The Balaban J connectivity index is 1.79. The van der Waals surface area contributed by atoms with E-state index in [4.69, 9.17) is 11.6 Å². The molecule has 15 heavy (non-hydrogen) atoms. The van der Waals surface area contributed by atoms with Gasteiger partial charge in [0, 0.05) is 25.2 Å². The first kappa shape index (κ1) is 9.87. The molecule has 1 aromatic heterocycles. The second-order valence-corrected chi connectivity index (χ2v) is 6.15. The molecule has 0 bridgehead atoms. The van der Waals surface area contributed by atoms with E-state index in [-0.39, 0.29) is 0 Å². The van der Waals surface area contributed by atoms with Gasteiger partial charge in [0.05, 0.1) is 6.20 Å². The first-order chi connectivity index (χ1) is 7.20. The number of hydrogen-bond donors (Lipinski definition) is 0. The number of nitrogens with zero attached hydrogens (tertiary/aromatic N) is 3. The Labute approximate surface area is 98.7 Å². The van der Waals surface area contributed by atoms with E-state index < -0.39 is 0 Å². The van der Waals surface area contributed by atoms with Gasteiger partial charge in [0.25, 0.3) is 0 Å². The van der Waals surface area contributed by atoms with Crippen LogP contribution in [0.3, 0.4) is 0 Å². The topological polar surface area (TPSA) is 19.4 Å². The van der Waals surface area contributed by atoms with Crippen LogP contribution >= 0.6 is 22.9 Å². The molecule has 1 aliphatic heterocycles. The van der Waals surface area contributed by atoms with Crippen molar-refractivity contribution < 1.29 is 0 Å². The number of thiazole rings is 1. The molecule has 0 aromatic carbocycles. The molecule has 2 heterocycles. The fourth-order valence-electron chi connectivity index (χ4n) is 2.30. The Morgan fingerprint density at radius 3 is 2.87 bits per heavy atom. The fraction of sp³-hybridized carbons (Fsp3) is 0.700. The molecule has 1 aromatic rings. The summed E-state index contributed by atoms with van der Waals surface area (Å²) >= 11 is 7.50. The third kappa shape index (κ3) is 1.65. The summed E-state index contributed by atoms with van der Waals surface area (Å²) in [6, 6.07) is 0. The van der Waals surface area contributed by atoms with Gasteiger partial charge in [0.15, 0.2) is 5.13 Å². The smallest absolute Gasteiger partial charge is 0.186 e. The summed E-state index contributed by atoms with van der Waals surface area (Å²) in [5, 5.41) is 1.08. The minimum Gasteiger partial charge on any atom is -0.345 e. The van der Waals surface area contributed by atoms with Crippen LogP contribution in [0.5, 0.6) is 0 Å². The number of piperazine rings is 1. The summed E-state index contributed by atoms with van der Waals surface area (Å²) in [6.45, 7) is 3.33. The number of aromatic nitrogens is 1. The predicted molar refractivity (Wildman–Crippen MR) is 63.9 cm³/mol. The molecule has 1 saturated carbocycles. The molecule has 1 aliphatic carbocycles. The number of rotatable bonds is 1. The first-order valence-electron chi connectivity index (χ1n) is 5.27. The van der Waals surface area contributed by atoms with Gasteiger partial charge in [-0.2, -0.15) is 0 Å².